The monoisotopic (exact) mass is 444 g/mol. The first-order valence-corrected chi connectivity index (χ1v) is 10.1. The van der Waals surface area contributed by atoms with Crippen molar-refractivity contribution in [3.63, 3.8) is 0 Å². The third-order valence-electron chi connectivity index (χ3n) is 4.33. The third kappa shape index (κ3) is 8.52. The average molecular weight is 446 g/mol. The van der Waals surface area contributed by atoms with Gasteiger partial charge in [-0.25, -0.2) is 0 Å². The van der Waals surface area contributed by atoms with Crippen molar-refractivity contribution < 1.29 is 24.2 Å². The second kappa shape index (κ2) is 10.8. The van der Waals surface area contributed by atoms with Crippen LogP contribution in [0.25, 0.3) is 0 Å². The summed E-state index contributed by atoms with van der Waals surface area (Å²) in [6.07, 6.45) is 1.31. The van der Waals surface area contributed by atoms with Gasteiger partial charge in [0.25, 0.3) is 0 Å². The summed E-state index contributed by atoms with van der Waals surface area (Å²) in [6, 6.07) is -2.12. The fourth-order valence-corrected chi connectivity index (χ4v) is 2.91. The summed E-state index contributed by atoms with van der Waals surface area (Å²) in [5, 5.41) is 15.3. The minimum absolute atomic E-state index is 0.264. The molecular formula is C17H27Cl3N2O5. The van der Waals surface area contributed by atoms with Crippen LogP contribution in [0.4, 0.5) is 0 Å². The number of carbonyl (C=O) groups excluding carboxylic acids is 3. The Kier molecular flexibility index (Phi) is 9.79. The molecule has 156 valence electrons. The molecule has 1 aliphatic rings. The van der Waals surface area contributed by atoms with Gasteiger partial charge >= 0.3 is 5.97 Å². The van der Waals surface area contributed by atoms with E-state index in [0.29, 0.717) is 12.8 Å². The van der Waals surface area contributed by atoms with Crippen molar-refractivity contribution >= 4 is 52.5 Å². The van der Waals surface area contributed by atoms with Gasteiger partial charge in [0, 0.05) is 0 Å². The molecule has 10 heteroatoms. The van der Waals surface area contributed by atoms with Crippen molar-refractivity contribution in [2.75, 3.05) is 6.61 Å². The van der Waals surface area contributed by atoms with Gasteiger partial charge in [0.15, 0.2) is 5.78 Å². The largest absolute Gasteiger partial charge is 0.460 e. The third-order valence-corrected chi connectivity index (χ3v) is 4.66. The Balaban J connectivity index is 2.67. The van der Waals surface area contributed by atoms with E-state index in [2.05, 4.69) is 10.6 Å². The van der Waals surface area contributed by atoms with E-state index in [1.54, 1.807) is 20.8 Å². The Hall–Kier alpha value is -0.600. The SMILES string of the molecule is CC(C)[C@H](O)C(=O)N[C@@H](C)C(=O)C1CCCC[C@@H](C(=O)OCC(Cl)(Cl)Cl)N1. The molecule has 0 aromatic rings. The maximum Gasteiger partial charge on any atom is 0.323 e. The van der Waals surface area contributed by atoms with Crippen molar-refractivity contribution in [2.45, 2.75) is 74.5 Å². The van der Waals surface area contributed by atoms with Crippen LogP contribution in [-0.2, 0) is 19.1 Å². The molecule has 1 amide bonds. The first-order chi connectivity index (χ1) is 12.4. The van der Waals surface area contributed by atoms with Crippen LogP contribution in [0.5, 0.6) is 0 Å². The molecule has 0 aromatic carbocycles. The lowest BCUT2D eigenvalue weighted by Gasteiger charge is -2.25. The molecule has 1 unspecified atom stereocenters. The van der Waals surface area contributed by atoms with E-state index in [-0.39, 0.29) is 18.3 Å². The molecule has 27 heavy (non-hydrogen) atoms. The Morgan fingerprint density at radius 2 is 1.70 bits per heavy atom. The first kappa shape index (κ1) is 24.4. The van der Waals surface area contributed by atoms with Crippen molar-refractivity contribution in [1.29, 1.82) is 0 Å². The summed E-state index contributed by atoms with van der Waals surface area (Å²) < 4.78 is 3.30. The van der Waals surface area contributed by atoms with Crippen LogP contribution in [0.2, 0.25) is 0 Å². The van der Waals surface area contributed by atoms with Crippen molar-refractivity contribution in [3.8, 4) is 0 Å². The summed E-state index contributed by atoms with van der Waals surface area (Å²) in [5.41, 5.74) is 0. The van der Waals surface area contributed by atoms with Gasteiger partial charge in [-0.15, -0.1) is 0 Å². The molecular weight excluding hydrogens is 419 g/mol. The van der Waals surface area contributed by atoms with Gasteiger partial charge in [-0.3, -0.25) is 19.7 Å². The number of hydrogen-bond donors (Lipinski definition) is 3. The van der Waals surface area contributed by atoms with E-state index in [0.717, 1.165) is 12.8 Å². The van der Waals surface area contributed by atoms with Crippen LogP contribution in [0.3, 0.4) is 0 Å². The van der Waals surface area contributed by atoms with E-state index < -0.39 is 39.9 Å². The maximum absolute atomic E-state index is 12.7. The zero-order valence-electron chi connectivity index (χ0n) is 15.6. The van der Waals surface area contributed by atoms with Crippen LogP contribution in [0.1, 0.15) is 46.5 Å². The van der Waals surface area contributed by atoms with E-state index in [1.807, 2.05) is 0 Å². The Labute approximate surface area is 174 Å². The van der Waals surface area contributed by atoms with Crippen LogP contribution >= 0.6 is 34.8 Å². The fraction of sp³-hybridized carbons (Fsp3) is 0.824. The number of hydrogen-bond acceptors (Lipinski definition) is 6. The smallest absolute Gasteiger partial charge is 0.323 e. The molecule has 0 radical (unpaired) electrons. The lowest BCUT2D eigenvalue weighted by atomic mass is 10.0. The lowest BCUT2D eigenvalue weighted by Crippen LogP contribution is -2.54. The summed E-state index contributed by atoms with van der Waals surface area (Å²) >= 11 is 16.8. The Morgan fingerprint density at radius 3 is 2.22 bits per heavy atom. The molecule has 0 saturated carbocycles. The van der Waals surface area contributed by atoms with Crippen molar-refractivity contribution in [3.05, 3.63) is 0 Å². The number of ether oxygens (including phenoxy) is 1. The predicted octanol–water partition coefficient (Wildman–Crippen LogP) is 1.89. The molecule has 1 heterocycles. The molecule has 1 aliphatic heterocycles. The summed E-state index contributed by atoms with van der Waals surface area (Å²) in [4.78, 5) is 36.8. The molecule has 1 rings (SSSR count). The van der Waals surface area contributed by atoms with Gasteiger partial charge in [0.2, 0.25) is 9.70 Å². The quantitative estimate of drug-likeness (QED) is 0.408. The van der Waals surface area contributed by atoms with Gasteiger partial charge in [-0.2, -0.15) is 0 Å². The number of aliphatic hydroxyl groups excluding tert-OH is 1. The van der Waals surface area contributed by atoms with Crippen LogP contribution in [0.15, 0.2) is 0 Å². The van der Waals surface area contributed by atoms with Gasteiger partial charge in [0.05, 0.1) is 12.1 Å². The van der Waals surface area contributed by atoms with Crippen molar-refractivity contribution in [2.24, 2.45) is 5.92 Å². The van der Waals surface area contributed by atoms with E-state index in [4.69, 9.17) is 39.5 Å². The number of carbonyl (C=O) groups is 3. The highest BCUT2D eigenvalue weighted by molar-refractivity contribution is 6.67. The topological polar surface area (TPSA) is 105 Å². The molecule has 1 fully saturated rings. The summed E-state index contributed by atoms with van der Waals surface area (Å²) in [7, 11) is 0. The van der Waals surface area contributed by atoms with E-state index in [1.165, 1.54) is 0 Å². The number of esters is 1. The van der Waals surface area contributed by atoms with Gasteiger partial charge < -0.3 is 15.2 Å². The van der Waals surface area contributed by atoms with Gasteiger partial charge in [0.1, 0.15) is 18.8 Å². The second-order valence-corrected chi connectivity index (χ2v) is 9.62. The number of alkyl halides is 3. The summed E-state index contributed by atoms with van der Waals surface area (Å²) in [6.45, 7) is 4.58. The molecule has 0 spiro atoms. The van der Waals surface area contributed by atoms with Crippen LogP contribution < -0.4 is 10.6 Å². The van der Waals surface area contributed by atoms with Gasteiger partial charge in [-0.05, 0) is 25.7 Å². The number of amides is 1. The lowest BCUT2D eigenvalue weighted by molar-refractivity contribution is -0.146. The van der Waals surface area contributed by atoms with E-state index >= 15 is 0 Å². The minimum Gasteiger partial charge on any atom is -0.460 e. The molecule has 4 atom stereocenters. The number of halogens is 3. The second-order valence-electron chi connectivity index (χ2n) is 7.10. The highest BCUT2D eigenvalue weighted by Crippen LogP contribution is 2.26. The molecule has 0 aliphatic carbocycles. The fourth-order valence-electron chi connectivity index (χ4n) is 2.74. The number of nitrogens with one attached hydrogen (secondary N) is 2. The van der Waals surface area contributed by atoms with Crippen LogP contribution in [-0.4, -0.2) is 57.4 Å². The zero-order valence-corrected chi connectivity index (χ0v) is 17.9. The molecule has 1 saturated heterocycles. The highest BCUT2D eigenvalue weighted by Gasteiger charge is 2.34. The Bertz CT molecular complexity index is 539. The summed E-state index contributed by atoms with van der Waals surface area (Å²) in [5.74, 6) is -1.72. The predicted molar refractivity (Wildman–Crippen MR) is 104 cm³/mol. The number of aliphatic hydroxyl groups is 1. The molecule has 0 bridgehead atoms. The maximum atomic E-state index is 12.7. The molecule has 3 N–H and O–H groups in total. The van der Waals surface area contributed by atoms with E-state index in [9.17, 15) is 19.5 Å². The average Bonchev–Trinajstić information content (AvgIpc) is 2.83. The minimum atomic E-state index is -1.70. The standard InChI is InChI=1S/C17H27Cl3N2O5/c1-9(2)13(23)15(25)21-10(3)14(24)11-6-4-5-7-12(22-11)16(26)27-8-17(18,19)20/h9-13,22-23H,4-8H2,1-3H3,(H,21,25)/t10-,11?,12-,13-/m0/s1. The number of Topliss-reactive ketones (excluding diaryl/α,β-unsaturated/α-hetero) is 1. The number of ketones is 1. The van der Waals surface area contributed by atoms with Gasteiger partial charge in [-0.1, -0.05) is 61.5 Å². The zero-order chi connectivity index (χ0) is 20.8. The van der Waals surface area contributed by atoms with Crippen molar-refractivity contribution in [1.82, 2.24) is 10.6 Å². The normalized spacial score (nSPS) is 23.3. The number of rotatable bonds is 7. The molecule has 7 nitrogen and oxygen atoms in total. The first-order valence-electron chi connectivity index (χ1n) is 8.94. The molecule has 0 aromatic heterocycles. The van der Waals surface area contributed by atoms with Crippen LogP contribution in [0, 0.1) is 5.92 Å². The highest BCUT2D eigenvalue weighted by atomic mass is 35.6. The Morgan fingerprint density at radius 1 is 1.15 bits per heavy atom.